The summed E-state index contributed by atoms with van der Waals surface area (Å²) in [5.74, 6) is -0.0987. The summed E-state index contributed by atoms with van der Waals surface area (Å²) in [5.41, 5.74) is 0. The van der Waals surface area contributed by atoms with Crippen LogP contribution < -0.4 is 0 Å². The van der Waals surface area contributed by atoms with E-state index in [0.717, 1.165) is 4.90 Å². The summed E-state index contributed by atoms with van der Waals surface area (Å²) in [6.07, 6.45) is -2.63. The van der Waals surface area contributed by atoms with Crippen molar-refractivity contribution in [3.8, 4) is 0 Å². The number of nitrogens with zero attached hydrogens (tertiary/aromatic N) is 1. The average molecular weight is 233 g/mol. The van der Waals surface area contributed by atoms with Crippen molar-refractivity contribution in [1.29, 1.82) is 0 Å². The molecule has 1 aromatic heterocycles. The highest BCUT2D eigenvalue weighted by Crippen LogP contribution is 2.10. The van der Waals surface area contributed by atoms with Crippen LogP contribution in [0.5, 0.6) is 0 Å². The number of carbonyl (C=O) groups is 1. The van der Waals surface area contributed by atoms with Crippen molar-refractivity contribution in [2.24, 2.45) is 0 Å². The lowest BCUT2D eigenvalue weighted by atomic mass is 10.3. The van der Waals surface area contributed by atoms with Gasteiger partial charge in [-0.3, -0.25) is 4.79 Å². The molecule has 1 amide bonds. The van der Waals surface area contributed by atoms with E-state index in [1.807, 2.05) is 0 Å². The molecular formula is C10H13F2NO3. The van der Waals surface area contributed by atoms with Crippen LogP contribution >= 0.6 is 0 Å². The summed E-state index contributed by atoms with van der Waals surface area (Å²) in [7, 11) is 0. The van der Waals surface area contributed by atoms with E-state index in [0.29, 0.717) is 5.76 Å². The van der Waals surface area contributed by atoms with E-state index in [4.69, 9.17) is 9.52 Å². The minimum Gasteiger partial charge on any atom is -0.456 e. The van der Waals surface area contributed by atoms with E-state index in [1.54, 1.807) is 13.0 Å². The summed E-state index contributed by atoms with van der Waals surface area (Å²) in [5, 5.41) is 8.68. The highest BCUT2D eigenvalue weighted by molar-refractivity contribution is 5.91. The second kappa shape index (κ2) is 5.60. The maximum Gasteiger partial charge on any atom is 0.289 e. The van der Waals surface area contributed by atoms with E-state index in [1.165, 1.54) is 6.07 Å². The molecule has 1 aromatic rings. The van der Waals surface area contributed by atoms with E-state index >= 15 is 0 Å². The molecule has 90 valence electrons. The molecule has 0 aliphatic carbocycles. The largest absolute Gasteiger partial charge is 0.456 e. The SMILES string of the molecule is Cc1ccc(C(=O)N(CCO)CC(F)F)o1. The summed E-state index contributed by atoms with van der Waals surface area (Å²) in [4.78, 5) is 12.5. The van der Waals surface area contributed by atoms with E-state index < -0.39 is 18.9 Å². The Hall–Kier alpha value is -1.43. The van der Waals surface area contributed by atoms with Gasteiger partial charge in [0.25, 0.3) is 12.3 Å². The van der Waals surface area contributed by atoms with Gasteiger partial charge in [0.05, 0.1) is 13.2 Å². The number of halogens is 2. The third-order valence-corrected chi connectivity index (χ3v) is 1.97. The topological polar surface area (TPSA) is 53.7 Å². The minimum absolute atomic E-state index is 0.00611. The number of furan rings is 1. The lowest BCUT2D eigenvalue weighted by molar-refractivity contribution is 0.0482. The number of carbonyl (C=O) groups excluding carboxylic acids is 1. The van der Waals surface area contributed by atoms with Crippen LogP contribution in [0.3, 0.4) is 0 Å². The monoisotopic (exact) mass is 233 g/mol. The molecule has 0 unspecified atom stereocenters. The van der Waals surface area contributed by atoms with Crippen LogP contribution in [-0.2, 0) is 0 Å². The van der Waals surface area contributed by atoms with Crippen molar-refractivity contribution in [3.63, 3.8) is 0 Å². The Kier molecular flexibility index (Phi) is 4.42. The molecule has 1 heterocycles. The second-order valence-electron chi connectivity index (χ2n) is 3.28. The van der Waals surface area contributed by atoms with Crippen molar-refractivity contribution >= 4 is 5.91 Å². The molecule has 4 nitrogen and oxygen atoms in total. The lowest BCUT2D eigenvalue weighted by Crippen LogP contribution is -2.37. The second-order valence-corrected chi connectivity index (χ2v) is 3.28. The number of amides is 1. The maximum absolute atomic E-state index is 12.2. The van der Waals surface area contributed by atoms with Gasteiger partial charge in [-0.05, 0) is 19.1 Å². The molecular weight excluding hydrogens is 220 g/mol. The lowest BCUT2D eigenvalue weighted by Gasteiger charge is -2.19. The first kappa shape index (κ1) is 12.6. The number of alkyl halides is 2. The minimum atomic E-state index is -2.63. The molecule has 0 saturated carbocycles. The third kappa shape index (κ3) is 3.30. The first-order valence-corrected chi connectivity index (χ1v) is 4.79. The highest BCUT2D eigenvalue weighted by atomic mass is 19.3. The van der Waals surface area contributed by atoms with Gasteiger partial charge in [-0.25, -0.2) is 8.78 Å². The fourth-order valence-corrected chi connectivity index (χ4v) is 1.27. The van der Waals surface area contributed by atoms with Crippen molar-refractivity contribution in [1.82, 2.24) is 4.90 Å². The smallest absolute Gasteiger partial charge is 0.289 e. The normalized spacial score (nSPS) is 10.8. The summed E-state index contributed by atoms with van der Waals surface area (Å²) >= 11 is 0. The molecule has 0 atom stereocenters. The Bertz CT molecular complexity index is 352. The van der Waals surface area contributed by atoms with Crippen LogP contribution in [0.1, 0.15) is 16.3 Å². The van der Waals surface area contributed by atoms with Gasteiger partial charge in [-0.2, -0.15) is 0 Å². The van der Waals surface area contributed by atoms with Gasteiger partial charge in [0.2, 0.25) is 0 Å². The van der Waals surface area contributed by atoms with Gasteiger partial charge < -0.3 is 14.4 Å². The number of aliphatic hydroxyl groups is 1. The van der Waals surface area contributed by atoms with Gasteiger partial charge in [0, 0.05) is 6.54 Å². The molecule has 16 heavy (non-hydrogen) atoms. The van der Waals surface area contributed by atoms with Gasteiger partial charge in [0.1, 0.15) is 5.76 Å². The Morgan fingerprint density at radius 2 is 2.25 bits per heavy atom. The van der Waals surface area contributed by atoms with Crippen molar-refractivity contribution in [2.75, 3.05) is 19.7 Å². The molecule has 0 aliphatic heterocycles. The number of aliphatic hydroxyl groups excluding tert-OH is 1. The Labute approximate surface area is 91.5 Å². The van der Waals surface area contributed by atoms with Crippen molar-refractivity contribution < 1.29 is 23.1 Å². The van der Waals surface area contributed by atoms with Crippen LogP contribution in [0.2, 0.25) is 0 Å². The zero-order valence-corrected chi connectivity index (χ0v) is 8.82. The molecule has 1 N–H and O–H groups in total. The predicted molar refractivity (Wildman–Crippen MR) is 52.4 cm³/mol. The van der Waals surface area contributed by atoms with Gasteiger partial charge in [0.15, 0.2) is 5.76 Å². The fourth-order valence-electron chi connectivity index (χ4n) is 1.27. The molecule has 1 rings (SSSR count). The van der Waals surface area contributed by atoms with Crippen molar-refractivity contribution in [2.45, 2.75) is 13.3 Å². The molecule has 0 radical (unpaired) electrons. The Morgan fingerprint density at radius 1 is 1.56 bits per heavy atom. The number of hydrogen-bond donors (Lipinski definition) is 1. The van der Waals surface area contributed by atoms with E-state index in [2.05, 4.69) is 0 Å². The number of aryl methyl sites for hydroxylation is 1. The molecule has 0 bridgehead atoms. The van der Waals surface area contributed by atoms with Crippen LogP contribution in [0.4, 0.5) is 8.78 Å². The Balaban J connectivity index is 2.74. The summed E-state index contributed by atoms with van der Waals surface area (Å²) in [6, 6.07) is 3.00. The zero-order valence-electron chi connectivity index (χ0n) is 8.82. The molecule has 0 fully saturated rings. The van der Waals surface area contributed by atoms with Crippen LogP contribution in [-0.4, -0.2) is 42.0 Å². The fraction of sp³-hybridized carbons (Fsp3) is 0.500. The quantitative estimate of drug-likeness (QED) is 0.833. The molecule has 0 saturated heterocycles. The molecule has 0 spiro atoms. The first-order chi connectivity index (χ1) is 7.54. The summed E-state index contributed by atoms with van der Waals surface area (Å²) < 4.78 is 29.4. The number of hydrogen-bond acceptors (Lipinski definition) is 3. The number of rotatable bonds is 5. The van der Waals surface area contributed by atoms with Crippen LogP contribution in [0.15, 0.2) is 16.5 Å². The van der Waals surface area contributed by atoms with Crippen LogP contribution in [0.25, 0.3) is 0 Å². The highest BCUT2D eigenvalue weighted by Gasteiger charge is 2.21. The van der Waals surface area contributed by atoms with E-state index in [-0.39, 0.29) is 18.9 Å². The first-order valence-electron chi connectivity index (χ1n) is 4.79. The van der Waals surface area contributed by atoms with Crippen molar-refractivity contribution in [3.05, 3.63) is 23.7 Å². The van der Waals surface area contributed by atoms with E-state index in [9.17, 15) is 13.6 Å². The van der Waals surface area contributed by atoms with Gasteiger partial charge in [-0.1, -0.05) is 0 Å². The molecule has 0 aromatic carbocycles. The maximum atomic E-state index is 12.2. The van der Waals surface area contributed by atoms with Crippen LogP contribution in [0, 0.1) is 6.92 Å². The van der Waals surface area contributed by atoms with Gasteiger partial charge >= 0.3 is 0 Å². The molecule has 6 heteroatoms. The zero-order chi connectivity index (χ0) is 12.1. The standard InChI is InChI=1S/C10H13F2NO3/c1-7-2-3-8(16-7)10(15)13(4-5-14)6-9(11)12/h2-3,9,14H,4-6H2,1H3. The summed E-state index contributed by atoms with van der Waals surface area (Å²) in [6.45, 7) is 0.445. The van der Waals surface area contributed by atoms with Gasteiger partial charge in [-0.15, -0.1) is 0 Å². The predicted octanol–water partition coefficient (Wildman–Crippen LogP) is 1.29. The Morgan fingerprint density at radius 3 is 2.69 bits per heavy atom. The third-order valence-electron chi connectivity index (χ3n) is 1.97. The average Bonchev–Trinajstić information content (AvgIpc) is 2.62. The molecule has 0 aliphatic rings.